The molecule has 0 radical (unpaired) electrons. The first-order valence-electron chi connectivity index (χ1n) is 12.6. The Morgan fingerprint density at radius 1 is 0.579 bits per heavy atom. The van der Waals surface area contributed by atoms with Crippen LogP contribution in [0.3, 0.4) is 0 Å². The molecule has 0 saturated carbocycles. The molecule has 0 atom stereocenters. The van der Waals surface area contributed by atoms with E-state index < -0.39 is 0 Å². The van der Waals surface area contributed by atoms with Gasteiger partial charge in [0.1, 0.15) is 0 Å². The molecule has 7 aromatic rings. The summed E-state index contributed by atoms with van der Waals surface area (Å²) in [5, 5.41) is 4.55. The minimum Gasteiger partial charge on any atom is -0.397 e. The number of fused-ring (bicyclic) bond motifs is 7. The van der Waals surface area contributed by atoms with E-state index in [1.165, 1.54) is 0 Å². The van der Waals surface area contributed by atoms with Crippen LogP contribution >= 0.6 is 0 Å². The van der Waals surface area contributed by atoms with Crippen LogP contribution in [-0.2, 0) is 0 Å². The first kappa shape index (κ1) is 21.9. The third-order valence-electron chi connectivity index (χ3n) is 7.16. The lowest BCUT2D eigenvalue weighted by atomic mass is 10.1. The zero-order valence-corrected chi connectivity index (χ0v) is 20.6. The van der Waals surface area contributed by atoms with Crippen molar-refractivity contribution in [3.63, 3.8) is 0 Å². The van der Waals surface area contributed by atoms with Gasteiger partial charge in [-0.25, -0.2) is 4.99 Å². The van der Waals surface area contributed by atoms with Crippen LogP contribution in [0.1, 0.15) is 5.56 Å². The van der Waals surface area contributed by atoms with Crippen molar-refractivity contribution in [1.29, 1.82) is 0 Å². The zero-order chi connectivity index (χ0) is 25.6. The Bertz CT molecular complexity index is 2030. The van der Waals surface area contributed by atoms with E-state index in [9.17, 15) is 0 Å². The van der Waals surface area contributed by atoms with Gasteiger partial charge in [0.15, 0.2) is 0 Å². The second kappa shape index (κ2) is 8.68. The highest BCUT2D eigenvalue weighted by molar-refractivity contribution is 6.27. The molecule has 5 nitrogen and oxygen atoms in total. The minimum atomic E-state index is 0.360. The Hall–Kier alpha value is -5.29. The molecule has 7 rings (SSSR count). The van der Waals surface area contributed by atoms with Crippen LogP contribution in [0.25, 0.3) is 55.0 Å². The molecular weight excluding hydrogens is 466 g/mol. The van der Waals surface area contributed by atoms with Crippen molar-refractivity contribution in [1.82, 2.24) is 9.13 Å². The quantitative estimate of drug-likeness (QED) is 0.206. The lowest BCUT2D eigenvalue weighted by Gasteiger charge is -2.09. The molecule has 4 N–H and O–H groups in total. The van der Waals surface area contributed by atoms with Crippen LogP contribution < -0.4 is 11.5 Å². The summed E-state index contributed by atoms with van der Waals surface area (Å²) in [5.74, 6) is 0.360. The number of nitrogens with zero attached hydrogens (tertiary/aromatic N) is 3. The smallest absolute Gasteiger partial charge is 0.205 e. The van der Waals surface area contributed by atoms with Gasteiger partial charge in [-0.15, -0.1) is 0 Å². The summed E-state index contributed by atoms with van der Waals surface area (Å²) in [5.41, 5.74) is 19.9. The third kappa shape index (κ3) is 3.29. The Morgan fingerprint density at radius 2 is 1.21 bits per heavy atom. The predicted octanol–water partition coefficient (Wildman–Crippen LogP) is 7.01. The highest BCUT2D eigenvalue weighted by atomic mass is 15.2. The summed E-state index contributed by atoms with van der Waals surface area (Å²) in [6, 6.07) is 41.5. The van der Waals surface area contributed by atoms with Crippen LogP contribution in [0.2, 0.25) is 0 Å². The molecule has 0 bridgehead atoms. The lowest BCUT2D eigenvalue weighted by Crippen LogP contribution is -2.21. The molecule has 2 heterocycles. The summed E-state index contributed by atoms with van der Waals surface area (Å²) in [7, 11) is 0. The maximum Gasteiger partial charge on any atom is 0.205 e. The van der Waals surface area contributed by atoms with Gasteiger partial charge in [-0.05, 0) is 35.9 Å². The number of benzene rings is 5. The zero-order valence-electron chi connectivity index (χ0n) is 20.6. The molecule has 38 heavy (non-hydrogen) atoms. The fraction of sp³-hybridized carbons (Fsp3) is 0. The maximum atomic E-state index is 6.76. The third-order valence-corrected chi connectivity index (χ3v) is 7.16. The molecule has 182 valence electrons. The van der Waals surface area contributed by atoms with Gasteiger partial charge in [-0.2, -0.15) is 0 Å². The van der Waals surface area contributed by atoms with E-state index in [4.69, 9.17) is 11.5 Å². The van der Waals surface area contributed by atoms with Crippen molar-refractivity contribution in [3.8, 4) is 5.69 Å². The van der Waals surface area contributed by atoms with Crippen molar-refractivity contribution in [2.75, 3.05) is 0 Å². The number of rotatable bonds is 3. The number of hydrogen-bond donors (Lipinski definition) is 2. The second-order valence-corrected chi connectivity index (χ2v) is 9.33. The van der Waals surface area contributed by atoms with Crippen LogP contribution in [0.4, 0.5) is 0 Å². The largest absolute Gasteiger partial charge is 0.397 e. The van der Waals surface area contributed by atoms with Gasteiger partial charge in [-0.3, -0.25) is 4.57 Å². The SMILES string of the molecule is N/C(=C\N=C(/N)n1c2ccccc2c2ccc3c(c4ccccc4n3-c3ccccc3)c21)c1ccccc1. The van der Waals surface area contributed by atoms with E-state index in [-0.39, 0.29) is 0 Å². The van der Waals surface area contributed by atoms with Crippen LogP contribution in [0, 0.1) is 0 Å². The molecule has 2 aromatic heterocycles. The molecule has 0 aliphatic heterocycles. The van der Waals surface area contributed by atoms with E-state index in [1.54, 1.807) is 6.20 Å². The molecular formula is C33H25N5. The molecule has 0 aliphatic carbocycles. The average molecular weight is 492 g/mol. The van der Waals surface area contributed by atoms with Gasteiger partial charge in [-0.1, -0.05) is 91.0 Å². The Labute approximate surface area is 219 Å². The monoisotopic (exact) mass is 491 g/mol. The van der Waals surface area contributed by atoms with E-state index in [0.29, 0.717) is 11.7 Å². The van der Waals surface area contributed by atoms with Crippen LogP contribution in [0.5, 0.6) is 0 Å². The fourth-order valence-corrected chi connectivity index (χ4v) is 5.50. The molecule has 0 amide bonds. The van der Waals surface area contributed by atoms with Crippen LogP contribution in [0.15, 0.2) is 133 Å². The number of para-hydroxylation sites is 3. The van der Waals surface area contributed by atoms with Gasteiger partial charge in [0, 0.05) is 27.2 Å². The normalized spacial score (nSPS) is 12.7. The summed E-state index contributed by atoms with van der Waals surface area (Å²) >= 11 is 0. The van der Waals surface area contributed by atoms with Crippen LogP contribution in [-0.4, -0.2) is 15.1 Å². The van der Waals surface area contributed by atoms with Crippen molar-refractivity contribution >= 4 is 55.3 Å². The number of aliphatic imine (C=N–C) groups is 1. The first-order valence-corrected chi connectivity index (χ1v) is 12.6. The van der Waals surface area contributed by atoms with Crippen molar-refractivity contribution in [3.05, 3.63) is 133 Å². The van der Waals surface area contributed by atoms with Gasteiger partial charge in [0.2, 0.25) is 5.96 Å². The molecule has 0 aliphatic rings. The standard InChI is InChI=1S/C33H25N5/c34-27(22-11-3-1-4-12-22)21-36-33(35)38-28-17-9-7-15-24(28)25-19-20-30-31(32(25)38)26-16-8-10-18-29(26)37(30)23-13-5-2-6-14-23/h1-21H,34H2,(H2,35,36)/b27-21-. The highest BCUT2D eigenvalue weighted by Gasteiger charge is 2.20. The molecule has 5 heteroatoms. The van der Waals surface area contributed by atoms with Gasteiger partial charge in [0.25, 0.3) is 0 Å². The minimum absolute atomic E-state index is 0.360. The van der Waals surface area contributed by atoms with E-state index in [2.05, 4.69) is 93.0 Å². The molecule has 0 unspecified atom stereocenters. The van der Waals surface area contributed by atoms with Crippen molar-refractivity contribution < 1.29 is 0 Å². The number of nitrogens with two attached hydrogens (primary N) is 2. The number of aromatic nitrogens is 2. The van der Waals surface area contributed by atoms with Gasteiger partial charge >= 0.3 is 0 Å². The summed E-state index contributed by atoms with van der Waals surface area (Å²) < 4.78 is 4.37. The summed E-state index contributed by atoms with van der Waals surface area (Å²) in [4.78, 5) is 4.66. The van der Waals surface area contributed by atoms with E-state index in [0.717, 1.165) is 54.9 Å². The average Bonchev–Trinajstić information content (AvgIpc) is 3.49. The lowest BCUT2D eigenvalue weighted by molar-refractivity contribution is 1.18. The molecule has 0 spiro atoms. The highest BCUT2D eigenvalue weighted by Crippen LogP contribution is 2.40. The Balaban J connectivity index is 1.58. The van der Waals surface area contributed by atoms with Crippen molar-refractivity contribution in [2.45, 2.75) is 0 Å². The topological polar surface area (TPSA) is 74.3 Å². The molecule has 0 saturated heterocycles. The Kier molecular flexibility index (Phi) is 5.01. The molecule has 0 fully saturated rings. The van der Waals surface area contributed by atoms with Gasteiger partial charge < -0.3 is 16.0 Å². The van der Waals surface area contributed by atoms with Gasteiger partial charge in [0.05, 0.1) is 34.0 Å². The predicted molar refractivity (Wildman–Crippen MR) is 159 cm³/mol. The maximum absolute atomic E-state index is 6.76. The summed E-state index contributed by atoms with van der Waals surface area (Å²) in [6.45, 7) is 0. The molecule has 5 aromatic carbocycles. The number of hydrogen-bond acceptors (Lipinski definition) is 2. The van der Waals surface area contributed by atoms with E-state index in [1.807, 2.05) is 42.5 Å². The first-order chi connectivity index (χ1) is 18.7. The Morgan fingerprint density at radius 3 is 1.97 bits per heavy atom. The van der Waals surface area contributed by atoms with Crippen molar-refractivity contribution in [2.24, 2.45) is 16.5 Å². The fourth-order valence-electron chi connectivity index (χ4n) is 5.50. The second-order valence-electron chi connectivity index (χ2n) is 9.33. The summed E-state index contributed by atoms with van der Waals surface area (Å²) in [6.07, 6.45) is 1.64. The van der Waals surface area contributed by atoms with E-state index >= 15 is 0 Å².